The Morgan fingerprint density at radius 3 is 2.66 bits per heavy atom. The van der Waals surface area contributed by atoms with Gasteiger partial charge in [0.15, 0.2) is 0 Å². The van der Waals surface area contributed by atoms with Crippen molar-refractivity contribution in [1.82, 2.24) is 19.8 Å². The second kappa shape index (κ2) is 9.62. The number of amides is 2. The largest absolute Gasteiger partial charge is 0.336 e. The van der Waals surface area contributed by atoms with Crippen molar-refractivity contribution >= 4 is 33.8 Å². The van der Waals surface area contributed by atoms with Crippen molar-refractivity contribution in [2.75, 3.05) is 13.1 Å². The lowest BCUT2D eigenvalue weighted by atomic mass is 9.83. The molecule has 5 rings (SSSR count). The number of aryl methyl sites for hydroxylation is 1. The minimum absolute atomic E-state index is 0.00632. The molecule has 4 heterocycles. The van der Waals surface area contributed by atoms with Crippen LogP contribution >= 0.6 is 15.9 Å². The van der Waals surface area contributed by atoms with Gasteiger partial charge in [-0.2, -0.15) is 0 Å². The van der Waals surface area contributed by atoms with Gasteiger partial charge in [0.2, 0.25) is 0 Å². The van der Waals surface area contributed by atoms with Crippen LogP contribution in [0.4, 0.5) is 0 Å². The van der Waals surface area contributed by atoms with Gasteiger partial charge in [0.25, 0.3) is 17.4 Å². The summed E-state index contributed by atoms with van der Waals surface area (Å²) in [6.07, 6.45) is 5.73. The third kappa shape index (κ3) is 4.98. The number of nitrogens with one attached hydrogen (secondary N) is 1. The molecule has 35 heavy (non-hydrogen) atoms. The normalized spacial score (nSPS) is 19.1. The number of benzene rings is 1. The molecular weight excluding hydrogens is 508 g/mol. The quantitative estimate of drug-likeness (QED) is 0.519. The summed E-state index contributed by atoms with van der Waals surface area (Å²) in [5, 5.41) is 2.83. The van der Waals surface area contributed by atoms with E-state index in [0.717, 1.165) is 23.2 Å². The highest BCUT2D eigenvalue weighted by Crippen LogP contribution is 2.35. The van der Waals surface area contributed by atoms with Crippen LogP contribution in [0.25, 0.3) is 6.08 Å². The van der Waals surface area contributed by atoms with Gasteiger partial charge >= 0.3 is 0 Å². The number of carbonyl (C=O) groups excluding carboxylic acids is 2. The van der Waals surface area contributed by atoms with Crippen molar-refractivity contribution in [2.24, 2.45) is 5.92 Å². The summed E-state index contributed by atoms with van der Waals surface area (Å²) >= 11 is 3.34. The van der Waals surface area contributed by atoms with E-state index in [0.29, 0.717) is 29.7 Å². The summed E-state index contributed by atoms with van der Waals surface area (Å²) < 4.78 is 2.52. The highest BCUT2D eigenvalue weighted by atomic mass is 79.9. The fraction of sp³-hybridized carbons (Fsp3) is 0.259. The lowest BCUT2D eigenvalue weighted by Gasteiger charge is -2.43. The van der Waals surface area contributed by atoms with Gasteiger partial charge in [-0.05, 0) is 59.0 Å². The molecule has 2 aliphatic heterocycles. The van der Waals surface area contributed by atoms with Crippen LogP contribution in [0.15, 0.2) is 75.9 Å². The van der Waals surface area contributed by atoms with E-state index in [4.69, 9.17) is 0 Å². The van der Waals surface area contributed by atoms with Gasteiger partial charge < -0.3 is 14.8 Å². The van der Waals surface area contributed by atoms with Crippen molar-refractivity contribution < 1.29 is 9.59 Å². The Kier molecular flexibility index (Phi) is 6.38. The van der Waals surface area contributed by atoms with E-state index >= 15 is 0 Å². The van der Waals surface area contributed by atoms with Gasteiger partial charge in [-0.25, -0.2) is 0 Å². The number of hydrogen-bond acceptors (Lipinski definition) is 4. The summed E-state index contributed by atoms with van der Waals surface area (Å²) in [7, 11) is 0. The average molecular weight is 533 g/mol. The van der Waals surface area contributed by atoms with Crippen LogP contribution in [0, 0.1) is 12.8 Å². The first-order chi connectivity index (χ1) is 16.9. The Morgan fingerprint density at radius 1 is 1.09 bits per heavy atom. The van der Waals surface area contributed by atoms with E-state index in [9.17, 15) is 14.4 Å². The Balaban J connectivity index is 1.44. The maximum atomic E-state index is 13.8. The molecule has 2 unspecified atom stereocenters. The van der Waals surface area contributed by atoms with Crippen molar-refractivity contribution in [2.45, 2.75) is 25.8 Å². The molecule has 2 aliphatic rings. The first-order valence-electron chi connectivity index (χ1n) is 11.6. The standard InChI is InChI=1S/C27H25BrN4O3/c1-17-5-7-18(8-6-17)10-23(30-26(34)20-11-22(28)13-29-12-20)27(35)31-14-19-9-21(16-31)24-3-2-4-25(33)32(24)15-19/h2-8,10-13,19,21H,9,14-16H2,1H3,(H,30,34)/b23-10-. The zero-order valence-corrected chi connectivity index (χ0v) is 20.9. The molecule has 1 aromatic carbocycles. The molecule has 3 aromatic rings. The molecule has 0 aliphatic carbocycles. The molecular formula is C27H25BrN4O3. The molecule has 1 N–H and O–H groups in total. The van der Waals surface area contributed by atoms with E-state index in [1.54, 1.807) is 35.4 Å². The van der Waals surface area contributed by atoms with Crippen LogP contribution in [0.5, 0.6) is 0 Å². The van der Waals surface area contributed by atoms with Crippen LogP contribution in [-0.4, -0.2) is 39.4 Å². The van der Waals surface area contributed by atoms with Gasteiger partial charge in [-0.3, -0.25) is 19.4 Å². The number of halogens is 1. The highest BCUT2D eigenvalue weighted by molar-refractivity contribution is 9.10. The monoisotopic (exact) mass is 532 g/mol. The van der Waals surface area contributed by atoms with Gasteiger partial charge in [-0.15, -0.1) is 0 Å². The van der Waals surface area contributed by atoms with Crippen molar-refractivity contribution in [1.29, 1.82) is 0 Å². The van der Waals surface area contributed by atoms with E-state index in [1.165, 1.54) is 6.20 Å². The first kappa shape index (κ1) is 23.2. The lowest BCUT2D eigenvalue weighted by molar-refractivity contribution is -0.130. The molecule has 1 saturated heterocycles. The van der Waals surface area contributed by atoms with Crippen LogP contribution in [0.3, 0.4) is 0 Å². The summed E-state index contributed by atoms with van der Waals surface area (Å²) in [6.45, 7) is 3.63. The Labute approximate surface area is 211 Å². The van der Waals surface area contributed by atoms with Gasteiger partial charge in [-0.1, -0.05) is 35.9 Å². The molecule has 8 heteroatoms. The number of fused-ring (bicyclic) bond motifs is 4. The molecule has 2 aromatic heterocycles. The third-order valence-corrected chi connectivity index (χ3v) is 7.03. The third-order valence-electron chi connectivity index (χ3n) is 6.60. The SMILES string of the molecule is Cc1ccc(/C=C(\NC(=O)c2cncc(Br)c2)C(=O)N2CC3CC(C2)c2cccc(=O)n2C3)cc1. The molecule has 178 valence electrons. The average Bonchev–Trinajstić information content (AvgIpc) is 2.85. The number of carbonyl (C=O) groups is 2. The number of likely N-dealkylation sites (tertiary alicyclic amines) is 1. The predicted octanol–water partition coefficient (Wildman–Crippen LogP) is 3.73. The summed E-state index contributed by atoms with van der Waals surface area (Å²) in [6, 6.07) is 14.8. The molecule has 1 fully saturated rings. The zero-order valence-electron chi connectivity index (χ0n) is 19.3. The molecule has 2 amide bonds. The van der Waals surface area contributed by atoms with Crippen molar-refractivity contribution in [3.05, 3.63) is 104 Å². The number of rotatable bonds is 4. The van der Waals surface area contributed by atoms with E-state index < -0.39 is 5.91 Å². The molecule has 2 atom stereocenters. The van der Waals surface area contributed by atoms with E-state index in [1.807, 2.05) is 41.8 Å². The first-order valence-corrected chi connectivity index (χ1v) is 12.4. The molecule has 2 bridgehead atoms. The Bertz CT molecular complexity index is 1380. The predicted molar refractivity (Wildman–Crippen MR) is 137 cm³/mol. The summed E-state index contributed by atoms with van der Waals surface area (Å²) in [4.78, 5) is 45.0. The topological polar surface area (TPSA) is 84.3 Å². The molecule has 0 saturated carbocycles. The smallest absolute Gasteiger partial charge is 0.270 e. The van der Waals surface area contributed by atoms with Crippen LogP contribution < -0.4 is 10.9 Å². The van der Waals surface area contributed by atoms with Crippen LogP contribution in [-0.2, 0) is 11.3 Å². The van der Waals surface area contributed by atoms with Crippen molar-refractivity contribution in [3.63, 3.8) is 0 Å². The molecule has 7 nitrogen and oxygen atoms in total. The van der Waals surface area contributed by atoms with Crippen molar-refractivity contribution in [3.8, 4) is 0 Å². The molecule has 0 radical (unpaired) electrons. The van der Waals surface area contributed by atoms with Crippen LogP contribution in [0.1, 0.15) is 39.5 Å². The van der Waals surface area contributed by atoms with Gasteiger partial charge in [0, 0.05) is 54.2 Å². The van der Waals surface area contributed by atoms with Crippen LogP contribution in [0.2, 0.25) is 0 Å². The maximum Gasteiger partial charge on any atom is 0.270 e. The number of pyridine rings is 2. The van der Waals surface area contributed by atoms with E-state index in [-0.39, 0.29) is 29.0 Å². The highest BCUT2D eigenvalue weighted by Gasteiger charge is 2.37. The Morgan fingerprint density at radius 2 is 1.89 bits per heavy atom. The lowest BCUT2D eigenvalue weighted by Crippen LogP contribution is -2.50. The fourth-order valence-corrected chi connectivity index (χ4v) is 5.31. The minimum atomic E-state index is -0.403. The second-order valence-electron chi connectivity index (χ2n) is 9.22. The second-order valence-corrected chi connectivity index (χ2v) is 10.1. The number of nitrogens with zero attached hydrogens (tertiary/aromatic N) is 3. The van der Waals surface area contributed by atoms with Gasteiger partial charge in [0.05, 0.1) is 5.56 Å². The zero-order chi connectivity index (χ0) is 24.5. The summed E-state index contributed by atoms with van der Waals surface area (Å²) in [5.74, 6) is -0.357. The fourth-order valence-electron chi connectivity index (χ4n) is 4.94. The summed E-state index contributed by atoms with van der Waals surface area (Å²) in [5.41, 5.74) is 3.47. The number of hydrogen-bond donors (Lipinski definition) is 1. The Hall–Kier alpha value is -3.52. The molecule has 0 spiro atoms. The van der Waals surface area contributed by atoms with E-state index in [2.05, 4.69) is 26.2 Å². The number of piperidine rings is 1. The maximum absolute atomic E-state index is 13.8. The minimum Gasteiger partial charge on any atom is -0.336 e. The van der Waals surface area contributed by atoms with Gasteiger partial charge in [0.1, 0.15) is 5.70 Å². The number of aromatic nitrogens is 2.